The van der Waals surface area contributed by atoms with Crippen molar-refractivity contribution in [2.24, 2.45) is 0 Å². The third-order valence-corrected chi connectivity index (χ3v) is 3.32. The molecule has 0 aliphatic rings. The van der Waals surface area contributed by atoms with Crippen molar-refractivity contribution in [3.8, 4) is 29.0 Å². The lowest BCUT2D eigenvalue weighted by Crippen LogP contribution is -2.03. The van der Waals surface area contributed by atoms with Gasteiger partial charge in [0, 0.05) is 35.8 Å². The number of ether oxygens (including phenoxy) is 1. The number of rotatable bonds is 2. The number of pyridine rings is 2. The van der Waals surface area contributed by atoms with Crippen molar-refractivity contribution in [1.82, 2.24) is 19.9 Å². The zero-order valence-corrected chi connectivity index (χ0v) is 13.3. The van der Waals surface area contributed by atoms with Crippen molar-refractivity contribution in [2.75, 3.05) is 12.8 Å². The lowest BCUT2D eigenvalue weighted by Gasteiger charge is -2.08. The normalized spacial score (nSPS) is 9.92. The molecule has 3 aromatic rings. The molecule has 0 saturated carbocycles. The largest absolute Gasteiger partial charge is 0.481 e. The molecule has 0 amide bonds. The van der Waals surface area contributed by atoms with Crippen LogP contribution in [-0.4, -0.2) is 27.0 Å². The van der Waals surface area contributed by atoms with E-state index in [2.05, 4.69) is 31.8 Å². The Kier molecular flexibility index (Phi) is 4.34. The minimum Gasteiger partial charge on any atom is -0.481 e. The van der Waals surface area contributed by atoms with Crippen LogP contribution in [-0.2, 0) is 0 Å². The molecule has 0 aliphatic heterocycles. The van der Waals surface area contributed by atoms with Crippen LogP contribution >= 0.6 is 0 Å². The number of hydrogen-bond donors (Lipinski definition) is 1. The molecular formula is C18H15N5O. The van der Waals surface area contributed by atoms with Crippen molar-refractivity contribution in [3.05, 3.63) is 59.7 Å². The predicted octanol–water partition coefficient (Wildman–Crippen LogP) is 2.23. The van der Waals surface area contributed by atoms with E-state index < -0.39 is 0 Å². The van der Waals surface area contributed by atoms with Gasteiger partial charge in [-0.15, -0.1) is 0 Å². The van der Waals surface area contributed by atoms with Gasteiger partial charge in [0.25, 0.3) is 0 Å². The van der Waals surface area contributed by atoms with E-state index in [1.807, 2.05) is 25.1 Å². The topological polar surface area (TPSA) is 86.8 Å². The zero-order valence-electron chi connectivity index (χ0n) is 13.3. The van der Waals surface area contributed by atoms with Gasteiger partial charge in [0.05, 0.1) is 24.1 Å². The van der Waals surface area contributed by atoms with Crippen LogP contribution in [0.4, 0.5) is 5.95 Å². The van der Waals surface area contributed by atoms with Crippen LogP contribution in [0.2, 0.25) is 0 Å². The number of nitrogens with two attached hydrogens (primary N) is 1. The summed E-state index contributed by atoms with van der Waals surface area (Å²) in [6, 6.07) is 7.36. The Hall–Kier alpha value is -3.46. The van der Waals surface area contributed by atoms with E-state index in [1.54, 1.807) is 31.8 Å². The maximum atomic E-state index is 5.80. The van der Waals surface area contributed by atoms with Gasteiger partial charge >= 0.3 is 0 Å². The molecule has 0 atom stereocenters. The van der Waals surface area contributed by atoms with E-state index in [4.69, 9.17) is 10.5 Å². The van der Waals surface area contributed by atoms with E-state index >= 15 is 0 Å². The summed E-state index contributed by atoms with van der Waals surface area (Å²) < 4.78 is 5.08. The molecule has 0 saturated heterocycles. The molecule has 3 heterocycles. The van der Waals surface area contributed by atoms with E-state index in [0.717, 1.165) is 11.1 Å². The molecule has 24 heavy (non-hydrogen) atoms. The van der Waals surface area contributed by atoms with Crippen molar-refractivity contribution in [1.29, 1.82) is 0 Å². The number of methoxy groups -OCH3 is 1. The maximum absolute atomic E-state index is 5.80. The number of nitrogens with zero attached hydrogens (tertiary/aromatic N) is 4. The molecule has 0 radical (unpaired) electrons. The van der Waals surface area contributed by atoms with Crippen LogP contribution in [0.3, 0.4) is 0 Å². The van der Waals surface area contributed by atoms with Crippen LogP contribution in [0.15, 0.2) is 42.9 Å². The summed E-state index contributed by atoms with van der Waals surface area (Å²) in [5, 5.41) is 0. The standard InChI is InChI=1S/C18H15N5O/c1-12-15(7-5-13-4-3-9-20-10-13)17(23-18(19)22-12)14-6-8-16(24-2)21-11-14/h3-4,6,8-11H,1-2H3,(H2,19,22,23). The SMILES string of the molecule is COc1ccc(-c2nc(N)nc(C)c2C#Cc2cccnc2)cn1. The number of nitrogen functional groups attached to an aromatic ring is 1. The summed E-state index contributed by atoms with van der Waals surface area (Å²) in [7, 11) is 1.57. The summed E-state index contributed by atoms with van der Waals surface area (Å²) in [4.78, 5) is 16.8. The van der Waals surface area contributed by atoms with Crippen molar-refractivity contribution < 1.29 is 4.74 Å². The lowest BCUT2D eigenvalue weighted by molar-refractivity contribution is 0.398. The van der Waals surface area contributed by atoms with Crippen molar-refractivity contribution in [3.63, 3.8) is 0 Å². The van der Waals surface area contributed by atoms with Crippen LogP contribution in [0, 0.1) is 18.8 Å². The monoisotopic (exact) mass is 317 g/mol. The summed E-state index contributed by atoms with van der Waals surface area (Å²) in [6.45, 7) is 1.85. The van der Waals surface area contributed by atoms with Gasteiger partial charge in [-0.3, -0.25) is 4.98 Å². The molecule has 6 nitrogen and oxygen atoms in total. The van der Waals surface area contributed by atoms with Gasteiger partial charge in [-0.1, -0.05) is 11.8 Å². The van der Waals surface area contributed by atoms with Crippen LogP contribution in [0.1, 0.15) is 16.8 Å². The summed E-state index contributed by atoms with van der Waals surface area (Å²) >= 11 is 0. The number of aromatic nitrogens is 4. The minimum absolute atomic E-state index is 0.199. The number of aryl methyl sites for hydroxylation is 1. The quantitative estimate of drug-likeness (QED) is 0.729. The van der Waals surface area contributed by atoms with Gasteiger partial charge in [-0.25, -0.2) is 15.0 Å². The Labute approximate surface area is 139 Å². The second-order valence-corrected chi connectivity index (χ2v) is 4.97. The minimum atomic E-state index is 0.199. The highest BCUT2D eigenvalue weighted by molar-refractivity contribution is 5.69. The highest BCUT2D eigenvalue weighted by atomic mass is 16.5. The fourth-order valence-corrected chi connectivity index (χ4v) is 2.17. The fourth-order valence-electron chi connectivity index (χ4n) is 2.17. The highest BCUT2D eigenvalue weighted by Crippen LogP contribution is 2.24. The van der Waals surface area contributed by atoms with E-state index in [-0.39, 0.29) is 5.95 Å². The molecule has 0 unspecified atom stereocenters. The summed E-state index contributed by atoms with van der Waals surface area (Å²) in [5.74, 6) is 6.93. The third-order valence-electron chi connectivity index (χ3n) is 3.32. The first-order chi connectivity index (χ1) is 11.7. The summed E-state index contributed by atoms with van der Waals surface area (Å²) in [5.41, 5.74) is 9.48. The lowest BCUT2D eigenvalue weighted by atomic mass is 10.1. The number of hydrogen-bond acceptors (Lipinski definition) is 6. The molecule has 0 aromatic carbocycles. The first-order valence-corrected chi connectivity index (χ1v) is 7.24. The molecule has 6 heteroatoms. The Morgan fingerprint density at radius 1 is 1.08 bits per heavy atom. The Bertz CT molecular complexity index is 912. The fraction of sp³-hybridized carbons (Fsp3) is 0.111. The molecule has 3 aromatic heterocycles. The second kappa shape index (κ2) is 6.75. The maximum Gasteiger partial charge on any atom is 0.220 e. The van der Waals surface area contributed by atoms with Crippen LogP contribution in [0.5, 0.6) is 5.88 Å². The molecule has 3 rings (SSSR count). The first kappa shape index (κ1) is 15.4. The molecule has 118 valence electrons. The van der Waals surface area contributed by atoms with E-state index in [1.165, 1.54) is 0 Å². The molecule has 0 fully saturated rings. The second-order valence-electron chi connectivity index (χ2n) is 4.97. The Balaban J connectivity index is 2.10. The average Bonchev–Trinajstić information content (AvgIpc) is 2.61. The van der Waals surface area contributed by atoms with Gasteiger partial charge < -0.3 is 10.5 Å². The van der Waals surface area contributed by atoms with Gasteiger partial charge in [0.1, 0.15) is 0 Å². The van der Waals surface area contributed by atoms with Gasteiger partial charge in [0.15, 0.2) is 0 Å². The van der Waals surface area contributed by atoms with Crippen molar-refractivity contribution >= 4 is 5.95 Å². The molecule has 2 N–H and O–H groups in total. The van der Waals surface area contributed by atoms with Gasteiger partial charge in [0.2, 0.25) is 11.8 Å². The molecule has 0 bridgehead atoms. The third kappa shape index (κ3) is 3.31. The van der Waals surface area contributed by atoms with Crippen LogP contribution < -0.4 is 10.5 Å². The molecular weight excluding hydrogens is 302 g/mol. The predicted molar refractivity (Wildman–Crippen MR) is 91.2 cm³/mol. The Morgan fingerprint density at radius 3 is 2.62 bits per heavy atom. The van der Waals surface area contributed by atoms with E-state index in [0.29, 0.717) is 22.8 Å². The molecule has 0 aliphatic carbocycles. The van der Waals surface area contributed by atoms with Crippen molar-refractivity contribution in [2.45, 2.75) is 6.92 Å². The summed E-state index contributed by atoms with van der Waals surface area (Å²) in [6.07, 6.45) is 5.08. The van der Waals surface area contributed by atoms with E-state index in [9.17, 15) is 0 Å². The van der Waals surface area contributed by atoms with Crippen LogP contribution in [0.25, 0.3) is 11.3 Å². The highest BCUT2D eigenvalue weighted by Gasteiger charge is 2.11. The smallest absolute Gasteiger partial charge is 0.220 e. The average molecular weight is 317 g/mol. The van der Waals surface area contributed by atoms with Gasteiger partial charge in [-0.2, -0.15) is 0 Å². The molecule has 0 spiro atoms. The van der Waals surface area contributed by atoms with Gasteiger partial charge in [-0.05, 0) is 25.1 Å². The number of anilines is 1. The first-order valence-electron chi connectivity index (χ1n) is 7.24. The zero-order chi connectivity index (χ0) is 16.9. The Morgan fingerprint density at radius 2 is 1.96 bits per heavy atom.